The molecule has 0 aromatic carbocycles. The van der Waals surface area contributed by atoms with Crippen molar-refractivity contribution in [3.8, 4) is 0 Å². The molecule has 0 spiro atoms. The molecule has 0 radical (unpaired) electrons. The summed E-state index contributed by atoms with van der Waals surface area (Å²) >= 11 is 0. The van der Waals surface area contributed by atoms with E-state index in [0.29, 0.717) is 18.8 Å². The summed E-state index contributed by atoms with van der Waals surface area (Å²) in [5, 5.41) is 0. The monoisotopic (exact) mass is 186 g/mol. The maximum Gasteiger partial charge on any atom is 0.138 e. The van der Waals surface area contributed by atoms with Crippen molar-refractivity contribution in [2.75, 3.05) is 20.3 Å². The van der Waals surface area contributed by atoms with Gasteiger partial charge in [0.15, 0.2) is 0 Å². The van der Waals surface area contributed by atoms with Gasteiger partial charge in [0.05, 0.1) is 6.10 Å². The first-order valence-corrected chi connectivity index (χ1v) is 4.89. The maximum atomic E-state index is 11.6. The Morgan fingerprint density at radius 2 is 2.38 bits per heavy atom. The lowest BCUT2D eigenvalue weighted by Crippen LogP contribution is -2.21. The standard InChI is InChI=1S/C10H18O3/c1-8-9(5-7-13-8)10(11)4-3-6-12-2/h8-9H,3-7H2,1-2H3. The molecule has 0 amide bonds. The molecule has 1 heterocycles. The topological polar surface area (TPSA) is 35.5 Å². The Bertz CT molecular complexity index is 168. The summed E-state index contributed by atoms with van der Waals surface area (Å²) < 4.78 is 10.2. The molecule has 0 saturated carbocycles. The van der Waals surface area contributed by atoms with Crippen LogP contribution in [-0.2, 0) is 14.3 Å². The van der Waals surface area contributed by atoms with Crippen LogP contribution in [0.25, 0.3) is 0 Å². The second-order valence-corrected chi connectivity index (χ2v) is 3.53. The van der Waals surface area contributed by atoms with Gasteiger partial charge in [-0.05, 0) is 19.8 Å². The molecule has 3 heteroatoms. The molecule has 1 rings (SSSR count). The molecule has 0 bridgehead atoms. The zero-order valence-corrected chi connectivity index (χ0v) is 8.41. The molecule has 3 nitrogen and oxygen atoms in total. The van der Waals surface area contributed by atoms with Gasteiger partial charge in [0.25, 0.3) is 0 Å². The van der Waals surface area contributed by atoms with Crippen LogP contribution in [-0.4, -0.2) is 32.2 Å². The second kappa shape index (κ2) is 5.35. The van der Waals surface area contributed by atoms with Crippen LogP contribution in [0.3, 0.4) is 0 Å². The predicted octanol–water partition coefficient (Wildman–Crippen LogP) is 1.41. The zero-order valence-electron chi connectivity index (χ0n) is 8.41. The highest BCUT2D eigenvalue weighted by atomic mass is 16.5. The molecule has 1 fully saturated rings. The van der Waals surface area contributed by atoms with Gasteiger partial charge in [-0.15, -0.1) is 0 Å². The maximum absolute atomic E-state index is 11.6. The fourth-order valence-electron chi connectivity index (χ4n) is 1.73. The van der Waals surface area contributed by atoms with Gasteiger partial charge in [-0.3, -0.25) is 4.79 Å². The van der Waals surface area contributed by atoms with Crippen LogP contribution >= 0.6 is 0 Å². The number of Topliss-reactive ketones (excluding diaryl/α,β-unsaturated/α-hetero) is 1. The lowest BCUT2D eigenvalue weighted by Gasteiger charge is -2.11. The van der Waals surface area contributed by atoms with Crippen molar-refractivity contribution in [1.29, 1.82) is 0 Å². The number of rotatable bonds is 5. The summed E-state index contributed by atoms with van der Waals surface area (Å²) in [6.45, 7) is 3.39. The van der Waals surface area contributed by atoms with Crippen molar-refractivity contribution in [2.24, 2.45) is 5.92 Å². The van der Waals surface area contributed by atoms with Crippen LogP contribution in [0.5, 0.6) is 0 Å². The summed E-state index contributed by atoms with van der Waals surface area (Å²) in [5.41, 5.74) is 0. The van der Waals surface area contributed by atoms with Crippen molar-refractivity contribution in [2.45, 2.75) is 32.3 Å². The lowest BCUT2D eigenvalue weighted by atomic mass is 9.94. The minimum atomic E-state index is 0.120. The van der Waals surface area contributed by atoms with Crippen LogP contribution in [0.2, 0.25) is 0 Å². The van der Waals surface area contributed by atoms with Crippen molar-refractivity contribution in [3.05, 3.63) is 0 Å². The molecule has 2 unspecified atom stereocenters. The van der Waals surface area contributed by atoms with Gasteiger partial charge in [0.1, 0.15) is 5.78 Å². The molecule has 0 aromatic rings. The van der Waals surface area contributed by atoms with Crippen LogP contribution in [0, 0.1) is 5.92 Å². The first-order chi connectivity index (χ1) is 6.25. The van der Waals surface area contributed by atoms with Crippen molar-refractivity contribution >= 4 is 5.78 Å². The number of hydrogen-bond donors (Lipinski definition) is 0. The number of carbonyl (C=O) groups excluding carboxylic acids is 1. The SMILES string of the molecule is COCCCC(=O)C1CCOC1C. The highest BCUT2D eigenvalue weighted by Gasteiger charge is 2.29. The van der Waals surface area contributed by atoms with Gasteiger partial charge < -0.3 is 9.47 Å². The molecular formula is C10H18O3. The van der Waals surface area contributed by atoms with E-state index in [4.69, 9.17) is 9.47 Å². The molecule has 0 aromatic heterocycles. The average Bonchev–Trinajstić information content (AvgIpc) is 2.52. The van der Waals surface area contributed by atoms with E-state index in [1.807, 2.05) is 6.92 Å². The van der Waals surface area contributed by atoms with Crippen molar-refractivity contribution < 1.29 is 14.3 Å². The second-order valence-electron chi connectivity index (χ2n) is 3.53. The molecule has 1 aliphatic heterocycles. The van der Waals surface area contributed by atoms with E-state index in [9.17, 15) is 4.79 Å². The first-order valence-electron chi connectivity index (χ1n) is 4.89. The highest BCUT2D eigenvalue weighted by molar-refractivity contribution is 5.81. The summed E-state index contributed by atoms with van der Waals surface area (Å²) in [6.07, 6.45) is 2.48. The Balaban J connectivity index is 2.22. The molecule has 76 valence electrons. The van der Waals surface area contributed by atoms with Gasteiger partial charge in [0, 0.05) is 32.7 Å². The lowest BCUT2D eigenvalue weighted by molar-refractivity contribution is -0.124. The van der Waals surface area contributed by atoms with Gasteiger partial charge in [-0.25, -0.2) is 0 Å². The van der Waals surface area contributed by atoms with E-state index >= 15 is 0 Å². The smallest absolute Gasteiger partial charge is 0.138 e. The fourth-order valence-corrected chi connectivity index (χ4v) is 1.73. The molecule has 0 aliphatic carbocycles. The van der Waals surface area contributed by atoms with Gasteiger partial charge >= 0.3 is 0 Å². The van der Waals surface area contributed by atoms with E-state index in [1.165, 1.54) is 0 Å². The van der Waals surface area contributed by atoms with Crippen molar-refractivity contribution in [3.63, 3.8) is 0 Å². The number of methoxy groups -OCH3 is 1. The fraction of sp³-hybridized carbons (Fsp3) is 0.900. The van der Waals surface area contributed by atoms with Gasteiger partial charge in [-0.2, -0.15) is 0 Å². The van der Waals surface area contributed by atoms with E-state index in [-0.39, 0.29) is 12.0 Å². The van der Waals surface area contributed by atoms with Gasteiger partial charge in [0.2, 0.25) is 0 Å². The number of hydrogen-bond acceptors (Lipinski definition) is 3. The molecule has 1 saturated heterocycles. The Hall–Kier alpha value is -0.410. The van der Waals surface area contributed by atoms with E-state index in [1.54, 1.807) is 7.11 Å². The Morgan fingerprint density at radius 1 is 1.62 bits per heavy atom. The number of ether oxygens (including phenoxy) is 2. The van der Waals surface area contributed by atoms with E-state index in [0.717, 1.165) is 19.4 Å². The van der Waals surface area contributed by atoms with Crippen LogP contribution in [0.15, 0.2) is 0 Å². The minimum absolute atomic E-state index is 0.120. The summed E-state index contributed by atoms with van der Waals surface area (Å²) in [5.74, 6) is 0.471. The normalized spacial score (nSPS) is 27.8. The summed E-state index contributed by atoms with van der Waals surface area (Å²) in [4.78, 5) is 11.6. The third-order valence-electron chi connectivity index (χ3n) is 2.56. The molecule has 0 N–H and O–H groups in total. The van der Waals surface area contributed by atoms with Crippen LogP contribution in [0.1, 0.15) is 26.2 Å². The Labute approximate surface area is 79.4 Å². The number of carbonyl (C=O) groups is 1. The molecular weight excluding hydrogens is 168 g/mol. The third kappa shape index (κ3) is 3.08. The molecule has 13 heavy (non-hydrogen) atoms. The third-order valence-corrected chi connectivity index (χ3v) is 2.56. The summed E-state index contributed by atoms with van der Waals surface area (Å²) in [7, 11) is 1.66. The first kappa shape index (κ1) is 10.7. The minimum Gasteiger partial charge on any atom is -0.385 e. The quantitative estimate of drug-likeness (QED) is 0.609. The van der Waals surface area contributed by atoms with Crippen molar-refractivity contribution in [1.82, 2.24) is 0 Å². The van der Waals surface area contributed by atoms with Gasteiger partial charge in [-0.1, -0.05) is 0 Å². The van der Waals surface area contributed by atoms with Crippen LogP contribution in [0.4, 0.5) is 0 Å². The average molecular weight is 186 g/mol. The largest absolute Gasteiger partial charge is 0.385 e. The predicted molar refractivity (Wildman–Crippen MR) is 49.6 cm³/mol. The Morgan fingerprint density at radius 3 is 2.92 bits per heavy atom. The summed E-state index contributed by atoms with van der Waals surface area (Å²) in [6, 6.07) is 0. The van der Waals surface area contributed by atoms with Crippen LogP contribution < -0.4 is 0 Å². The molecule has 1 aliphatic rings. The Kier molecular flexibility index (Phi) is 4.39. The number of ketones is 1. The van der Waals surface area contributed by atoms with E-state index in [2.05, 4.69) is 0 Å². The molecule has 2 atom stereocenters. The zero-order chi connectivity index (χ0) is 9.68. The highest BCUT2D eigenvalue weighted by Crippen LogP contribution is 2.22. The van der Waals surface area contributed by atoms with E-state index < -0.39 is 0 Å².